The first kappa shape index (κ1) is 77.1. The molecule has 0 amide bonds. The highest BCUT2D eigenvalue weighted by Crippen LogP contribution is 2.45. The molecule has 3 unspecified atom stereocenters. The molecule has 0 saturated heterocycles. The summed E-state index contributed by atoms with van der Waals surface area (Å²) >= 11 is 0. The van der Waals surface area contributed by atoms with Gasteiger partial charge in [-0.1, -0.05) is 241 Å². The lowest BCUT2D eigenvalue weighted by Gasteiger charge is -2.21. The molecule has 0 aliphatic carbocycles. The largest absolute Gasteiger partial charge is 0.472 e. The second kappa shape index (κ2) is 52.8. The average Bonchev–Trinajstić information content (AvgIpc) is 3.41. The lowest BCUT2D eigenvalue weighted by molar-refractivity contribution is -0.161. The third-order valence-electron chi connectivity index (χ3n) is 14.1. The van der Waals surface area contributed by atoms with E-state index in [0.717, 1.165) is 108 Å². The van der Waals surface area contributed by atoms with Gasteiger partial charge < -0.3 is 33.8 Å². The molecule has 0 aromatic rings. The number of unbranched alkanes of at least 4 members (excludes halogenated alkanes) is 28. The Balaban J connectivity index is 5.19. The Bertz CT molecular complexity index is 1570. The molecule has 79 heavy (non-hydrogen) atoms. The van der Waals surface area contributed by atoms with Gasteiger partial charge in [-0.05, 0) is 37.5 Å². The fourth-order valence-corrected chi connectivity index (χ4v) is 10.4. The zero-order valence-corrected chi connectivity index (χ0v) is 52.4. The lowest BCUT2D eigenvalue weighted by Crippen LogP contribution is -2.30. The van der Waals surface area contributed by atoms with Crippen LogP contribution >= 0.6 is 15.6 Å². The monoisotopic (exact) mass is 1170 g/mol. The Kier molecular flexibility index (Phi) is 51.5. The Labute approximate surface area is 479 Å². The van der Waals surface area contributed by atoms with Crippen molar-refractivity contribution in [3.63, 3.8) is 0 Å². The van der Waals surface area contributed by atoms with Crippen LogP contribution in [0.25, 0.3) is 0 Å². The maximum atomic E-state index is 12.9. The number of aliphatic hydroxyl groups excluding tert-OH is 1. The van der Waals surface area contributed by atoms with Gasteiger partial charge in [0.2, 0.25) is 0 Å². The number of phosphoric acid groups is 2. The molecule has 0 aromatic carbocycles. The number of ether oxygens (including phenoxy) is 4. The molecule has 468 valence electrons. The van der Waals surface area contributed by atoms with Gasteiger partial charge >= 0.3 is 39.5 Å². The highest BCUT2D eigenvalue weighted by atomic mass is 31.2. The molecular formula is C60H116O17P2. The van der Waals surface area contributed by atoms with Crippen molar-refractivity contribution in [1.82, 2.24) is 0 Å². The Hall–Kier alpha value is -1.94. The summed E-state index contributed by atoms with van der Waals surface area (Å²) in [5.41, 5.74) is 0. The summed E-state index contributed by atoms with van der Waals surface area (Å²) in [5, 5.41) is 10.5. The van der Waals surface area contributed by atoms with Gasteiger partial charge in [0, 0.05) is 25.7 Å². The van der Waals surface area contributed by atoms with Crippen LogP contribution in [0.5, 0.6) is 0 Å². The summed E-state index contributed by atoms with van der Waals surface area (Å²) in [6, 6.07) is 0. The smallest absolute Gasteiger partial charge is 0.462 e. The van der Waals surface area contributed by atoms with E-state index in [-0.39, 0.29) is 25.7 Å². The van der Waals surface area contributed by atoms with Gasteiger partial charge in [-0.15, -0.1) is 0 Å². The third-order valence-corrected chi connectivity index (χ3v) is 16.0. The highest BCUT2D eigenvalue weighted by Gasteiger charge is 2.30. The highest BCUT2D eigenvalue weighted by molar-refractivity contribution is 7.47. The molecule has 19 heteroatoms. The summed E-state index contributed by atoms with van der Waals surface area (Å²) in [6.07, 6.45) is 33.8. The molecule has 0 aliphatic rings. The minimum atomic E-state index is -4.94. The Morgan fingerprint density at radius 2 is 0.646 bits per heavy atom. The predicted molar refractivity (Wildman–Crippen MR) is 312 cm³/mol. The lowest BCUT2D eigenvalue weighted by atomic mass is 9.99. The van der Waals surface area contributed by atoms with Crippen LogP contribution < -0.4 is 0 Å². The van der Waals surface area contributed by atoms with Gasteiger partial charge in [0.05, 0.1) is 26.4 Å². The van der Waals surface area contributed by atoms with Crippen LogP contribution in [0, 0.1) is 11.8 Å². The molecule has 0 aliphatic heterocycles. The van der Waals surface area contributed by atoms with E-state index in [1.54, 1.807) is 0 Å². The van der Waals surface area contributed by atoms with Crippen LogP contribution in [-0.2, 0) is 65.4 Å². The van der Waals surface area contributed by atoms with E-state index in [1.807, 2.05) is 0 Å². The maximum absolute atomic E-state index is 12.9. The van der Waals surface area contributed by atoms with Crippen molar-refractivity contribution in [3.8, 4) is 0 Å². The second-order valence-corrected chi connectivity index (χ2v) is 25.4. The van der Waals surface area contributed by atoms with Crippen LogP contribution in [0.4, 0.5) is 0 Å². The van der Waals surface area contributed by atoms with Crippen molar-refractivity contribution in [2.75, 3.05) is 39.6 Å². The topological polar surface area (TPSA) is 237 Å². The van der Waals surface area contributed by atoms with Crippen LogP contribution in [0.15, 0.2) is 0 Å². The summed E-state index contributed by atoms with van der Waals surface area (Å²) in [4.78, 5) is 71.7. The third kappa shape index (κ3) is 53.8. The number of carbonyl (C=O) groups excluding carboxylic acids is 4. The van der Waals surface area contributed by atoms with Crippen molar-refractivity contribution in [3.05, 3.63) is 0 Å². The van der Waals surface area contributed by atoms with E-state index in [1.165, 1.54) is 103 Å². The normalized spacial score (nSPS) is 14.8. The molecule has 0 aromatic heterocycles. The molecular weight excluding hydrogens is 1050 g/mol. The van der Waals surface area contributed by atoms with E-state index in [2.05, 4.69) is 41.5 Å². The van der Waals surface area contributed by atoms with Crippen molar-refractivity contribution in [1.29, 1.82) is 0 Å². The quantitative estimate of drug-likeness (QED) is 0.0222. The van der Waals surface area contributed by atoms with Crippen molar-refractivity contribution in [2.45, 2.75) is 310 Å². The molecule has 0 fully saturated rings. The second-order valence-electron chi connectivity index (χ2n) is 22.5. The van der Waals surface area contributed by atoms with Crippen molar-refractivity contribution < 1.29 is 80.2 Å². The molecule has 0 radical (unpaired) electrons. The van der Waals surface area contributed by atoms with E-state index in [0.29, 0.717) is 25.7 Å². The summed E-state index contributed by atoms with van der Waals surface area (Å²) in [7, 11) is -9.87. The van der Waals surface area contributed by atoms with E-state index < -0.39 is 97.5 Å². The van der Waals surface area contributed by atoms with Crippen LogP contribution in [-0.4, -0.2) is 96.7 Å². The molecule has 0 rings (SSSR count). The fourth-order valence-electron chi connectivity index (χ4n) is 8.79. The van der Waals surface area contributed by atoms with Gasteiger partial charge in [-0.25, -0.2) is 9.13 Å². The zero-order valence-electron chi connectivity index (χ0n) is 50.7. The van der Waals surface area contributed by atoms with Gasteiger partial charge in [-0.2, -0.15) is 0 Å². The Morgan fingerprint density at radius 3 is 0.962 bits per heavy atom. The first-order valence-corrected chi connectivity index (χ1v) is 34.5. The van der Waals surface area contributed by atoms with E-state index in [9.17, 15) is 43.2 Å². The van der Waals surface area contributed by atoms with E-state index >= 15 is 0 Å². The minimum Gasteiger partial charge on any atom is -0.462 e. The minimum absolute atomic E-state index is 0.104. The molecule has 0 heterocycles. The summed E-state index contributed by atoms with van der Waals surface area (Å²) in [5.74, 6) is -0.622. The standard InChI is InChI=1S/C60H116O17P2/c1-7-10-12-14-15-18-26-32-38-44-59(64)76-55(48-70-57(62)42-36-28-13-11-8-2)50-74-78(66,67)72-46-54(61)47-73-79(68,69)75-51-56(49-71-58(63)43-37-31-25-22-21-23-29-34-40-52(4)5)77-60(65)45-39-33-27-20-17-16-19-24-30-35-41-53(6)9-3/h52-56,61H,7-51H2,1-6H3,(H,66,67)(H,68,69)/t53?,54-,55+,56+/m0/s1. The first-order chi connectivity index (χ1) is 37.9. The van der Waals surface area contributed by atoms with Crippen LogP contribution in [0.2, 0.25) is 0 Å². The first-order valence-electron chi connectivity index (χ1n) is 31.5. The summed E-state index contributed by atoms with van der Waals surface area (Å²) in [6.45, 7) is 9.35. The molecule has 0 bridgehead atoms. The number of phosphoric ester groups is 2. The van der Waals surface area contributed by atoms with Gasteiger partial charge in [0.25, 0.3) is 0 Å². The maximum Gasteiger partial charge on any atom is 0.472 e. The zero-order chi connectivity index (χ0) is 58.7. The Morgan fingerprint density at radius 1 is 0.367 bits per heavy atom. The molecule has 6 atom stereocenters. The predicted octanol–water partition coefficient (Wildman–Crippen LogP) is 16.1. The van der Waals surface area contributed by atoms with Gasteiger partial charge in [0.1, 0.15) is 19.3 Å². The van der Waals surface area contributed by atoms with Crippen molar-refractivity contribution in [2.24, 2.45) is 11.8 Å². The number of carbonyl (C=O) groups is 4. The fraction of sp³-hybridized carbons (Fsp3) is 0.933. The van der Waals surface area contributed by atoms with Gasteiger partial charge in [-0.3, -0.25) is 37.3 Å². The molecule has 0 spiro atoms. The van der Waals surface area contributed by atoms with Crippen molar-refractivity contribution >= 4 is 39.5 Å². The molecule has 0 saturated carbocycles. The number of rotatable bonds is 59. The molecule has 3 N–H and O–H groups in total. The number of hydrogen-bond donors (Lipinski definition) is 3. The SMILES string of the molecule is CCCCCCCCCCCC(=O)O[C@H](COC(=O)CCCCCCC)COP(=O)(O)OC[C@H](O)COP(=O)(O)OC[C@@H](COC(=O)CCCCCCCCCCC(C)C)OC(=O)CCCCCCCCCCCCC(C)CC. The average molecular weight is 1170 g/mol. The number of aliphatic hydroxyl groups is 1. The van der Waals surface area contributed by atoms with E-state index in [4.69, 9.17) is 37.0 Å². The van der Waals surface area contributed by atoms with Crippen LogP contribution in [0.1, 0.15) is 292 Å². The molecule has 17 nitrogen and oxygen atoms in total. The summed E-state index contributed by atoms with van der Waals surface area (Å²) < 4.78 is 67.6. The van der Waals surface area contributed by atoms with Crippen LogP contribution in [0.3, 0.4) is 0 Å². The van der Waals surface area contributed by atoms with Gasteiger partial charge in [0.15, 0.2) is 12.2 Å². The number of hydrogen-bond acceptors (Lipinski definition) is 15. The number of esters is 4.